The van der Waals surface area contributed by atoms with Gasteiger partial charge in [0.15, 0.2) is 0 Å². The Morgan fingerprint density at radius 3 is 2.67 bits per heavy atom. The molecule has 1 spiro atoms. The van der Waals surface area contributed by atoms with Crippen LogP contribution in [0, 0.1) is 28.6 Å². The third kappa shape index (κ3) is 0.990. The molecule has 0 aliphatic heterocycles. The predicted octanol–water partition coefficient (Wildman–Crippen LogP) is 4.42. The lowest BCUT2D eigenvalue weighted by Crippen LogP contribution is -2.42. The maximum absolute atomic E-state index is 4.43. The van der Waals surface area contributed by atoms with Gasteiger partial charge in [0.05, 0.1) is 0 Å². The fraction of sp³-hybridized carbons (Fsp3) is 0.867. The van der Waals surface area contributed by atoms with Crippen LogP contribution in [0.4, 0.5) is 0 Å². The monoisotopic (exact) mass is 204 g/mol. The Balaban J connectivity index is 2.09. The quantitative estimate of drug-likeness (QED) is 0.513. The first-order valence-electron chi connectivity index (χ1n) is 6.68. The standard InChI is InChI=1S/C15H24/c1-10-5-6-13-14(3,4)11(2)12-7-8-15(10,13)9-12/h10,12-13H,2,5-9H2,1,3-4H3/t10-,12?,13+,15-/m1/s1. The van der Waals surface area contributed by atoms with Crippen LogP contribution in [0.25, 0.3) is 0 Å². The van der Waals surface area contributed by atoms with Gasteiger partial charge in [-0.3, -0.25) is 0 Å². The van der Waals surface area contributed by atoms with Crippen molar-refractivity contribution in [1.29, 1.82) is 0 Å². The Hall–Kier alpha value is -0.260. The maximum Gasteiger partial charge on any atom is -0.0111 e. The van der Waals surface area contributed by atoms with Crippen molar-refractivity contribution < 1.29 is 0 Å². The molecular formula is C15H24. The summed E-state index contributed by atoms with van der Waals surface area (Å²) in [6, 6.07) is 0. The lowest BCUT2D eigenvalue weighted by Gasteiger charge is -2.50. The van der Waals surface area contributed by atoms with E-state index in [4.69, 9.17) is 0 Å². The minimum atomic E-state index is 0.421. The fourth-order valence-corrected chi connectivity index (χ4v) is 5.33. The van der Waals surface area contributed by atoms with Crippen LogP contribution in [0.2, 0.25) is 0 Å². The third-order valence-corrected chi connectivity index (χ3v) is 6.34. The zero-order chi connectivity index (χ0) is 10.8. The summed E-state index contributed by atoms with van der Waals surface area (Å²) in [5, 5.41) is 0. The number of hydrogen-bond donors (Lipinski definition) is 0. The smallest absolute Gasteiger partial charge is 0.0111 e. The minimum Gasteiger partial charge on any atom is -0.0990 e. The molecule has 3 saturated carbocycles. The molecule has 0 amide bonds. The van der Waals surface area contributed by atoms with E-state index in [1.165, 1.54) is 32.1 Å². The lowest BCUT2D eigenvalue weighted by atomic mass is 9.54. The maximum atomic E-state index is 4.43. The summed E-state index contributed by atoms with van der Waals surface area (Å²) in [5.41, 5.74) is 2.72. The number of allylic oxidation sites excluding steroid dienone is 1. The van der Waals surface area contributed by atoms with Crippen molar-refractivity contribution in [2.45, 2.75) is 52.9 Å². The van der Waals surface area contributed by atoms with Crippen LogP contribution in [-0.2, 0) is 0 Å². The van der Waals surface area contributed by atoms with Crippen LogP contribution in [0.15, 0.2) is 12.2 Å². The predicted molar refractivity (Wildman–Crippen MR) is 64.6 cm³/mol. The van der Waals surface area contributed by atoms with Crippen molar-refractivity contribution in [2.75, 3.05) is 0 Å². The van der Waals surface area contributed by atoms with E-state index >= 15 is 0 Å². The molecule has 0 heterocycles. The van der Waals surface area contributed by atoms with Gasteiger partial charge in [0.1, 0.15) is 0 Å². The van der Waals surface area contributed by atoms with Crippen LogP contribution >= 0.6 is 0 Å². The second kappa shape index (κ2) is 2.70. The van der Waals surface area contributed by atoms with Gasteiger partial charge < -0.3 is 0 Å². The highest BCUT2D eigenvalue weighted by Crippen LogP contribution is 2.70. The van der Waals surface area contributed by atoms with Gasteiger partial charge >= 0.3 is 0 Å². The molecule has 3 aliphatic carbocycles. The molecule has 3 fully saturated rings. The summed E-state index contributed by atoms with van der Waals surface area (Å²) < 4.78 is 0. The van der Waals surface area contributed by atoms with Crippen molar-refractivity contribution in [3.8, 4) is 0 Å². The summed E-state index contributed by atoms with van der Waals surface area (Å²) in [5.74, 6) is 2.77. The number of fused-ring (bicyclic) bond motifs is 1. The molecule has 2 bridgehead atoms. The van der Waals surface area contributed by atoms with E-state index in [0.717, 1.165) is 23.2 Å². The summed E-state index contributed by atoms with van der Waals surface area (Å²) in [4.78, 5) is 0. The molecule has 0 radical (unpaired) electrons. The molecule has 0 aromatic rings. The summed E-state index contributed by atoms with van der Waals surface area (Å²) in [7, 11) is 0. The Labute approximate surface area is 94.1 Å². The topological polar surface area (TPSA) is 0 Å². The molecule has 0 saturated heterocycles. The molecule has 1 unspecified atom stereocenters. The highest BCUT2D eigenvalue weighted by atomic mass is 14.7. The van der Waals surface area contributed by atoms with Crippen LogP contribution in [0.5, 0.6) is 0 Å². The van der Waals surface area contributed by atoms with Gasteiger partial charge in [-0.05, 0) is 60.7 Å². The van der Waals surface area contributed by atoms with Crippen LogP contribution in [0.3, 0.4) is 0 Å². The average Bonchev–Trinajstić information content (AvgIpc) is 2.71. The summed E-state index contributed by atoms with van der Waals surface area (Å²) >= 11 is 0. The Morgan fingerprint density at radius 2 is 1.93 bits per heavy atom. The van der Waals surface area contributed by atoms with E-state index in [1.807, 2.05) is 0 Å². The van der Waals surface area contributed by atoms with Crippen molar-refractivity contribution in [1.82, 2.24) is 0 Å². The SMILES string of the molecule is C=C1C2CC[C@@]3(C2)[C@H](C)CC[C@H]3C1(C)C. The van der Waals surface area contributed by atoms with Gasteiger partial charge in [0.2, 0.25) is 0 Å². The average molecular weight is 204 g/mol. The van der Waals surface area contributed by atoms with E-state index in [1.54, 1.807) is 5.57 Å². The van der Waals surface area contributed by atoms with E-state index in [2.05, 4.69) is 27.4 Å². The second-order valence-corrected chi connectivity index (χ2v) is 6.95. The molecule has 0 heteroatoms. The molecular weight excluding hydrogens is 180 g/mol. The molecule has 0 aromatic carbocycles. The highest BCUT2D eigenvalue weighted by Gasteiger charge is 2.61. The fourth-order valence-electron chi connectivity index (χ4n) is 5.33. The number of rotatable bonds is 0. The van der Waals surface area contributed by atoms with E-state index in [9.17, 15) is 0 Å². The first-order chi connectivity index (χ1) is 6.98. The van der Waals surface area contributed by atoms with Crippen molar-refractivity contribution >= 4 is 0 Å². The molecule has 0 nitrogen and oxygen atoms in total. The summed E-state index contributed by atoms with van der Waals surface area (Å²) in [6.07, 6.45) is 7.32. The van der Waals surface area contributed by atoms with Gasteiger partial charge in [0, 0.05) is 0 Å². The van der Waals surface area contributed by atoms with Crippen molar-refractivity contribution in [2.24, 2.45) is 28.6 Å². The molecule has 4 atom stereocenters. The van der Waals surface area contributed by atoms with Crippen molar-refractivity contribution in [3.63, 3.8) is 0 Å². The third-order valence-electron chi connectivity index (χ3n) is 6.34. The normalized spacial score (nSPS) is 51.9. The Kier molecular flexibility index (Phi) is 1.79. The van der Waals surface area contributed by atoms with E-state index in [0.29, 0.717) is 5.41 Å². The van der Waals surface area contributed by atoms with E-state index < -0.39 is 0 Å². The molecule has 3 rings (SSSR count). The van der Waals surface area contributed by atoms with Gasteiger partial charge in [-0.25, -0.2) is 0 Å². The van der Waals surface area contributed by atoms with Gasteiger partial charge in [-0.2, -0.15) is 0 Å². The van der Waals surface area contributed by atoms with Crippen molar-refractivity contribution in [3.05, 3.63) is 12.2 Å². The molecule has 3 aliphatic rings. The van der Waals surface area contributed by atoms with Gasteiger partial charge in [0.25, 0.3) is 0 Å². The van der Waals surface area contributed by atoms with Crippen LogP contribution < -0.4 is 0 Å². The minimum absolute atomic E-state index is 0.421. The lowest BCUT2D eigenvalue weighted by molar-refractivity contribution is 0.0429. The number of hydrogen-bond acceptors (Lipinski definition) is 0. The summed E-state index contributed by atoms with van der Waals surface area (Å²) in [6.45, 7) is 11.9. The Bertz CT molecular complexity index is 312. The van der Waals surface area contributed by atoms with Gasteiger partial charge in [-0.1, -0.05) is 32.9 Å². The van der Waals surface area contributed by atoms with E-state index in [-0.39, 0.29) is 0 Å². The van der Waals surface area contributed by atoms with Crippen LogP contribution in [-0.4, -0.2) is 0 Å². The van der Waals surface area contributed by atoms with Gasteiger partial charge in [-0.15, -0.1) is 0 Å². The first-order valence-corrected chi connectivity index (χ1v) is 6.68. The van der Waals surface area contributed by atoms with Crippen LogP contribution in [0.1, 0.15) is 52.9 Å². The zero-order valence-electron chi connectivity index (χ0n) is 10.5. The molecule has 0 N–H and O–H groups in total. The first kappa shape index (κ1) is 9.93. The highest BCUT2D eigenvalue weighted by molar-refractivity contribution is 5.25. The Morgan fingerprint density at radius 1 is 1.20 bits per heavy atom. The second-order valence-electron chi connectivity index (χ2n) is 6.95. The molecule has 0 aromatic heterocycles. The molecule has 15 heavy (non-hydrogen) atoms. The molecule has 84 valence electrons. The zero-order valence-corrected chi connectivity index (χ0v) is 10.5. The largest absolute Gasteiger partial charge is 0.0990 e.